The molecule has 11 nitrogen and oxygen atoms in total. The average Bonchev–Trinajstić information content (AvgIpc) is 3.77. The first-order valence-electron chi connectivity index (χ1n) is 17.0. The number of aliphatic hydroxyl groups is 3. The fraction of sp³-hybridized carbons (Fsp3) is 0.778. The molecule has 11 heteroatoms. The van der Waals surface area contributed by atoms with Gasteiger partial charge in [0.25, 0.3) is 0 Å². The lowest BCUT2D eigenvalue weighted by Gasteiger charge is -2.38. The van der Waals surface area contributed by atoms with Gasteiger partial charge in [0, 0.05) is 51.0 Å². The number of aliphatic hydroxyl groups excluding tert-OH is 2. The zero-order valence-electron chi connectivity index (χ0n) is 28.8. The second-order valence-electron chi connectivity index (χ2n) is 13.6. The maximum absolute atomic E-state index is 13.2. The summed E-state index contributed by atoms with van der Waals surface area (Å²) < 4.78 is 23.9. The van der Waals surface area contributed by atoms with Crippen molar-refractivity contribution in [3.05, 3.63) is 36.0 Å². The smallest absolute Gasteiger partial charge is 0.410 e. The Morgan fingerprint density at radius 2 is 1.96 bits per heavy atom. The maximum atomic E-state index is 13.2. The molecule has 0 aliphatic carbocycles. The van der Waals surface area contributed by atoms with Crippen LogP contribution in [0.4, 0.5) is 4.79 Å². The first-order valence-corrected chi connectivity index (χ1v) is 17.0. The van der Waals surface area contributed by atoms with E-state index in [1.54, 1.807) is 30.1 Å². The number of piperazine rings is 1. The minimum absolute atomic E-state index is 0. The number of carbonyl (C=O) groups excluding carboxylic acids is 2. The highest BCUT2D eigenvalue weighted by Gasteiger charge is 2.47. The van der Waals surface area contributed by atoms with Crippen molar-refractivity contribution in [1.82, 2.24) is 10.2 Å². The van der Waals surface area contributed by atoms with Gasteiger partial charge in [0.1, 0.15) is 11.7 Å². The first-order chi connectivity index (χ1) is 21.7. The number of hydrogen-bond donors (Lipinski definition) is 4. The van der Waals surface area contributed by atoms with Gasteiger partial charge >= 0.3 is 12.1 Å². The lowest BCUT2D eigenvalue weighted by atomic mass is 9.88. The van der Waals surface area contributed by atoms with Crippen LogP contribution in [0.25, 0.3) is 0 Å². The Bertz CT molecular complexity index is 1090. The number of cyclic esters (lactones) is 1. The van der Waals surface area contributed by atoms with Gasteiger partial charge in [0.15, 0.2) is 6.10 Å². The molecule has 3 aliphatic heterocycles. The fourth-order valence-electron chi connectivity index (χ4n) is 6.31. The van der Waals surface area contributed by atoms with E-state index in [9.17, 15) is 24.9 Å². The van der Waals surface area contributed by atoms with Crippen molar-refractivity contribution in [2.45, 2.75) is 136 Å². The van der Waals surface area contributed by atoms with Crippen LogP contribution in [0.1, 0.15) is 88.0 Å². The Hall–Kier alpha value is -2.28. The monoisotopic (exact) mass is 666 g/mol. The number of epoxide rings is 1. The second kappa shape index (κ2) is 18.5. The van der Waals surface area contributed by atoms with Crippen LogP contribution in [0.15, 0.2) is 36.0 Å². The van der Waals surface area contributed by atoms with E-state index in [0.29, 0.717) is 52.0 Å². The summed E-state index contributed by atoms with van der Waals surface area (Å²) >= 11 is 0. The van der Waals surface area contributed by atoms with Crippen molar-refractivity contribution < 1.29 is 43.9 Å². The number of carbonyl (C=O) groups is 2. The van der Waals surface area contributed by atoms with Crippen molar-refractivity contribution in [1.29, 1.82) is 0 Å². The van der Waals surface area contributed by atoms with Crippen LogP contribution >= 0.6 is 0 Å². The molecule has 0 saturated carbocycles. The predicted molar refractivity (Wildman–Crippen MR) is 182 cm³/mol. The largest absolute Gasteiger partial charge is 0.457 e. The number of nitrogens with zero attached hydrogens (tertiary/aromatic N) is 1. The van der Waals surface area contributed by atoms with Gasteiger partial charge in [-0.1, -0.05) is 52.5 Å². The van der Waals surface area contributed by atoms with Gasteiger partial charge in [-0.25, -0.2) is 4.79 Å². The van der Waals surface area contributed by atoms with Crippen LogP contribution in [-0.4, -0.2) is 113 Å². The van der Waals surface area contributed by atoms with Crippen LogP contribution in [0.3, 0.4) is 0 Å². The topological polar surface area (TPSA) is 150 Å². The minimum atomic E-state index is -1.14. The minimum Gasteiger partial charge on any atom is -0.457 e. The molecule has 0 spiro atoms. The zero-order valence-corrected chi connectivity index (χ0v) is 28.8. The van der Waals surface area contributed by atoms with Crippen LogP contribution in [-0.2, 0) is 23.7 Å². The van der Waals surface area contributed by atoms with Crippen LogP contribution in [0, 0.1) is 11.8 Å². The molecule has 0 bridgehead atoms. The Labute approximate surface area is 282 Å². The summed E-state index contributed by atoms with van der Waals surface area (Å²) in [4.78, 5) is 27.8. The standard InChI is InChI=1S/C35H58N2O9.CH4/c1-8-27(39)25(5)32-28(44-32)22-34(6,42)15-10-11-23(3)31-24(4)12-13-29(45-33(41)37-19-17-36-18-20-37)35(7,43-9-2)16-14-26(38)21-30(40)46-31;/h10-13,15,24-29,31-32,36,38-39,42H,8-9,14,16-22H2,1-7H3;1H4/b13-12+,15-10+,23-11+;/t24-,25+,26+,27-,28+,29-,31+,32+,34-,35+;/m0./s1. The molecule has 0 radical (unpaired) electrons. The SMILES string of the molecule is C.CCO[C@]1(C)CC[C@@H](O)CC(=O)O[C@H](/C(C)=C/C=C/[C@](C)(O)C[C@H]2O[C@@H]2[C@H](C)[C@@H](O)CC)[C@@H](C)/C=C/[C@@H]1OC(=O)N1CCNCC1. The van der Waals surface area contributed by atoms with E-state index in [4.69, 9.17) is 18.9 Å². The second-order valence-corrected chi connectivity index (χ2v) is 13.6. The van der Waals surface area contributed by atoms with E-state index in [0.717, 1.165) is 5.57 Å². The third-order valence-electron chi connectivity index (χ3n) is 9.42. The number of ether oxygens (including phenoxy) is 4. The van der Waals surface area contributed by atoms with Crippen molar-refractivity contribution in [2.24, 2.45) is 11.8 Å². The van der Waals surface area contributed by atoms with E-state index in [1.807, 2.05) is 53.7 Å². The summed E-state index contributed by atoms with van der Waals surface area (Å²) in [5.74, 6) is -0.830. The summed E-state index contributed by atoms with van der Waals surface area (Å²) in [6.07, 6.45) is 7.02. The molecule has 1 amide bonds. The lowest BCUT2D eigenvalue weighted by molar-refractivity contribution is -0.152. The van der Waals surface area contributed by atoms with E-state index in [-0.39, 0.29) is 44.3 Å². The molecule has 3 rings (SSSR count). The number of rotatable bonds is 11. The molecule has 0 aromatic rings. The number of esters is 1. The zero-order chi connectivity index (χ0) is 34.1. The molecule has 3 heterocycles. The van der Waals surface area contributed by atoms with Crippen molar-refractivity contribution in [3.63, 3.8) is 0 Å². The molecule has 2 saturated heterocycles. The highest BCUT2D eigenvalue weighted by molar-refractivity contribution is 5.70. The molecule has 270 valence electrons. The maximum Gasteiger partial charge on any atom is 0.410 e. The summed E-state index contributed by atoms with van der Waals surface area (Å²) in [5.41, 5.74) is -1.33. The van der Waals surface area contributed by atoms with Crippen molar-refractivity contribution in [2.75, 3.05) is 32.8 Å². The highest BCUT2D eigenvalue weighted by atomic mass is 16.6. The number of amides is 1. The van der Waals surface area contributed by atoms with E-state index in [1.165, 1.54) is 0 Å². The third kappa shape index (κ3) is 12.3. The molecule has 4 N–H and O–H groups in total. The summed E-state index contributed by atoms with van der Waals surface area (Å²) in [5, 5.41) is 35.2. The molecule has 0 aromatic heterocycles. The quantitative estimate of drug-likeness (QED) is 0.109. The molecule has 0 unspecified atom stereocenters. The summed E-state index contributed by atoms with van der Waals surface area (Å²) in [7, 11) is 0. The van der Waals surface area contributed by atoms with Gasteiger partial charge in [-0.2, -0.15) is 0 Å². The molecule has 2 fully saturated rings. The van der Waals surface area contributed by atoms with Crippen LogP contribution in [0.2, 0.25) is 0 Å². The number of allylic oxidation sites excluding steroid dienone is 2. The fourth-order valence-corrected chi connectivity index (χ4v) is 6.31. The van der Waals surface area contributed by atoms with E-state index >= 15 is 0 Å². The van der Waals surface area contributed by atoms with Crippen molar-refractivity contribution >= 4 is 12.1 Å². The molecule has 3 aliphatic rings. The van der Waals surface area contributed by atoms with Crippen LogP contribution < -0.4 is 5.32 Å². The van der Waals surface area contributed by atoms with E-state index < -0.39 is 47.7 Å². The molecular formula is C36H62N2O9. The van der Waals surface area contributed by atoms with Gasteiger partial charge in [-0.05, 0) is 58.6 Å². The van der Waals surface area contributed by atoms with Gasteiger partial charge in [-0.15, -0.1) is 0 Å². The predicted octanol–water partition coefficient (Wildman–Crippen LogP) is 4.30. The Morgan fingerprint density at radius 1 is 1.28 bits per heavy atom. The van der Waals surface area contributed by atoms with Gasteiger partial charge in [-0.3, -0.25) is 4.79 Å². The summed E-state index contributed by atoms with van der Waals surface area (Å²) in [6, 6.07) is 0. The summed E-state index contributed by atoms with van der Waals surface area (Å²) in [6.45, 7) is 16.0. The molecule has 10 atom stereocenters. The molecule has 47 heavy (non-hydrogen) atoms. The Balaban J connectivity index is 0.00000768. The first kappa shape index (κ1) is 40.9. The Morgan fingerprint density at radius 3 is 2.60 bits per heavy atom. The third-order valence-corrected chi connectivity index (χ3v) is 9.42. The molecular weight excluding hydrogens is 604 g/mol. The average molecular weight is 667 g/mol. The lowest BCUT2D eigenvalue weighted by Crippen LogP contribution is -2.50. The van der Waals surface area contributed by atoms with Gasteiger partial charge < -0.3 is 44.5 Å². The van der Waals surface area contributed by atoms with Crippen LogP contribution in [0.5, 0.6) is 0 Å². The van der Waals surface area contributed by atoms with E-state index in [2.05, 4.69) is 5.32 Å². The van der Waals surface area contributed by atoms with Gasteiger partial charge in [0.05, 0.1) is 36.4 Å². The normalized spacial score (nSPS) is 34.1. The van der Waals surface area contributed by atoms with Crippen molar-refractivity contribution in [3.8, 4) is 0 Å². The molecule has 0 aromatic carbocycles. The number of hydrogen-bond acceptors (Lipinski definition) is 10. The number of nitrogens with one attached hydrogen (secondary N) is 1. The highest BCUT2D eigenvalue weighted by Crippen LogP contribution is 2.37. The Kier molecular flexibility index (Phi) is 16.1. The van der Waals surface area contributed by atoms with Gasteiger partial charge in [0.2, 0.25) is 0 Å².